The minimum atomic E-state index is -4.60. The average molecular weight is 231 g/mol. The van der Waals surface area contributed by atoms with Crippen LogP contribution in [0.5, 0.6) is 0 Å². The number of benzene rings is 1. The Morgan fingerprint density at radius 3 is 2.19 bits per heavy atom. The molecule has 0 atom stereocenters. The molecule has 0 N–H and O–H groups in total. The average Bonchev–Trinajstić information content (AvgIpc) is 2.14. The lowest BCUT2D eigenvalue weighted by Gasteiger charge is -2.13. The molecule has 0 fully saturated rings. The molecule has 0 aromatic heterocycles. The lowest BCUT2D eigenvalue weighted by Crippen LogP contribution is -2.08. The maximum atomic E-state index is 13.3. The molecule has 0 spiro atoms. The fourth-order valence-corrected chi connectivity index (χ4v) is 1.36. The highest BCUT2D eigenvalue weighted by Gasteiger charge is 2.32. The summed E-state index contributed by atoms with van der Waals surface area (Å²) in [6, 6.07) is 2.76. The summed E-state index contributed by atoms with van der Waals surface area (Å²) in [5.74, 6) is -1.47. The van der Waals surface area contributed by atoms with Gasteiger partial charge in [0, 0.05) is 0 Å². The van der Waals surface area contributed by atoms with E-state index in [0.717, 1.165) is 6.07 Å². The molecule has 0 radical (unpaired) electrons. The Balaban J connectivity index is 3.48. The number of hydrogen-bond donors (Lipinski definition) is 0. The maximum Gasteiger partial charge on any atom is 0.416 e. The van der Waals surface area contributed by atoms with E-state index in [9.17, 15) is 17.6 Å². The first-order chi connectivity index (χ1) is 7.27. The van der Waals surface area contributed by atoms with Gasteiger partial charge >= 0.3 is 6.18 Å². The molecule has 0 bridgehead atoms. The number of nitrogens with zero attached hydrogens (tertiary/aromatic N) is 1. The van der Waals surface area contributed by atoms with E-state index in [1.54, 1.807) is 19.9 Å². The van der Waals surface area contributed by atoms with Gasteiger partial charge in [-0.25, -0.2) is 4.39 Å². The Kier molecular flexibility index (Phi) is 3.22. The van der Waals surface area contributed by atoms with Crippen LogP contribution in [0.2, 0.25) is 0 Å². The number of nitriles is 1. The first-order valence-corrected chi connectivity index (χ1v) is 4.58. The molecule has 1 aromatic rings. The van der Waals surface area contributed by atoms with E-state index in [1.807, 2.05) is 0 Å². The molecule has 0 saturated heterocycles. The molecule has 0 heterocycles. The molecule has 0 aliphatic carbocycles. The van der Waals surface area contributed by atoms with Crippen molar-refractivity contribution in [1.82, 2.24) is 0 Å². The third kappa shape index (κ3) is 2.32. The monoisotopic (exact) mass is 231 g/mol. The summed E-state index contributed by atoms with van der Waals surface area (Å²) in [6.45, 7) is 3.21. The van der Waals surface area contributed by atoms with Crippen molar-refractivity contribution in [2.45, 2.75) is 25.9 Å². The lowest BCUT2D eigenvalue weighted by atomic mass is 9.95. The summed E-state index contributed by atoms with van der Waals surface area (Å²) in [4.78, 5) is 0. The molecule has 0 unspecified atom stereocenters. The van der Waals surface area contributed by atoms with Gasteiger partial charge in [0.15, 0.2) is 0 Å². The van der Waals surface area contributed by atoms with Crippen molar-refractivity contribution in [3.8, 4) is 6.07 Å². The highest BCUT2D eigenvalue weighted by molar-refractivity contribution is 5.44. The van der Waals surface area contributed by atoms with Crippen LogP contribution >= 0.6 is 0 Å². The summed E-state index contributed by atoms with van der Waals surface area (Å²) < 4.78 is 50.5. The predicted molar refractivity (Wildman–Crippen MR) is 50.2 cm³/mol. The van der Waals surface area contributed by atoms with Gasteiger partial charge in [-0.1, -0.05) is 13.8 Å². The number of alkyl halides is 3. The number of hydrogen-bond acceptors (Lipinski definition) is 1. The van der Waals surface area contributed by atoms with E-state index in [1.165, 1.54) is 0 Å². The number of rotatable bonds is 1. The molecule has 1 aromatic carbocycles. The van der Waals surface area contributed by atoms with Crippen LogP contribution in [0.4, 0.5) is 17.6 Å². The second-order valence-electron chi connectivity index (χ2n) is 3.69. The molecule has 0 saturated carbocycles. The van der Waals surface area contributed by atoms with Gasteiger partial charge in [0.2, 0.25) is 0 Å². The van der Waals surface area contributed by atoms with Gasteiger partial charge in [0.25, 0.3) is 0 Å². The van der Waals surface area contributed by atoms with Crippen molar-refractivity contribution < 1.29 is 17.6 Å². The standard InChI is InChI=1S/C11H9F4N/c1-6(2)8-3-7(11(13,14)15)4-10(12)9(8)5-16/h3-4,6H,1-2H3. The minimum absolute atomic E-state index is 0.0785. The third-order valence-corrected chi connectivity index (χ3v) is 2.18. The SMILES string of the molecule is CC(C)c1cc(C(F)(F)F)cc(F)c1C#N. The molecule has 1 rings (SSSR count). The smallest absolute Gasteiger partial charge is 0.206 e. The van der Waals surface area contributed by atoms with E-state index < -0.39 is 17.6 Å². The Morgan fingerprint density at radius 1 is 1.25 bits per heavy atom. The van der Waals surface area contributed by atoms with Gasteiger partial charge in [-0.15, -0.1) is 0 Å². The summed E-state index contributed by atoms with van der Waals surface area (Å²) in [5.41, 5.74) is -1.30. The zero-order valence-electron chi connectivity index (χ0n) is 8.69. The van der Waals surface area contributed by atoms with E-state index in [4.69, 9.17) is 5.26 Å². The van der Waals surface area contributed by atoms with Crippen molar-refractivity contribution in [3.05, 3.63) is 34.6 Å². The zero-order chi connectivity index (χ0) is 12.5. The van der Waals surface area contributed by atoms with Crippen molar-refractivity contribution in [1.29, 1.82) is 5.26 Å². The van der Waals surface area contributed by atoms with Crippen LogP contribution in [0, 0.1) is 17.1 Å². The van der Waals surface area contributed by atoms with Crippen molar-refractivity contribution in [2.75, 3.05) is 0 Å². The van der Waals surface area contributed by atoms with E-state index in [0.29, 0.717) is 6.07 Å². The Bertz CT molecular complexity index is 441. The van der Waals surface area contributed by atoms with Crippen LogP contribution in [0.15, 0.2) is 12.1 Å². The first-order valence-electron chi connectivity index (χ1n) is 4.58. The normalized spacial score (nSPS) is 11.6. The van der Waals surface area contributed by atoms with Crippen LogP contribution in [0.25, 0.3) is 0 Å². The van der Waals surface area contributed by atoms with Crippen LogP contribution in [0.3, 0.4) is 0 Å². The van der Waals surface area contributed by atoms with E-state index in [2.05, 4.69) is 0 Å². The van der Waals surface area contributed by atoms with Crippen molar-refractivity contribution in [2.24, 2.45) is 0 Å². The largest absolute Gasteiger partial charge is 0.416 e. The quantitative estimate of drug-likeness (QED) is 0.673. The fraction of sp³-hybridized carbons (Fsp3) is 0.364. The van der Waals surface area contributed by atoms with Crippen LogP contribution < -0.4 is 0 Å². The van der Waals surface area contributed by atoms with Gasteiger partial charge in [-0.3, -0.25) is 0 Å². The molecule has 1 nitrogen and oxygen atoms in total. The molecule has 16 heavy (non-hydrogen) atoms. The summed E-state index contributed by atoms with van der Waals surface area (Å²) in [6.07, 6.45) is -4.60. The fourth-order valence-electron chi connectivity index (χ4n) is 1.36. The first kappa shape index (κ1) is 12.5. The summed E-state index contributed by atoms with van der Waals surface area (Å²) in [5, 5.41) is 8.67. The van der Waals surface area contributed by atoms with Gasteiger partial charge in [0.05, 0.1) is 11.1 Å². The van der Waals surface area contributed by atoms with Crippen molar-refractivity contribution >= 4 is 0 Å². The second kappa shape index (κ2) is 4.12. The van der Waals surface area contributed by atoms with Crippen molar-refractivity contribution in [3.63, 3.8) is 0 Å². The maximum absolute atomic E-state index is 13.3. The zero-order valence-corrected chi connectivity index (χ0v) is 8.69. The molecule has 0 aliphatic heterocycles. The summed E-state index contributed by atoms with van der Waals surface area (Å²) >= 11 is 0. The Morgan fingerprint density at radius 2 is 1.81 bits per heavy atom. The van der Waals surface area contributed by atoms with E-state index in [-0.39, 0.29) is 17.0 Å². The Hall–Kier alpha value is -1.57. The lowest BCUT2D eigenvalue weighted by molar-refractivity contribution is -0.137. The van der Waals surface area contributed by atoms with Gasteiger partial charge in [-0.2, -0.15) is 18.4 Å². The molecular weight excluding hydrogens is 222 g/mol. The second-order valence-corrected chi connectivity index (χ2v) is 3.69. The minimum Gasteiger partial charge on any atom is -0.206 e. The molecule has 5 heteroatoms. The molecule has 86 valence electrons. The van der Waals surface area contributed by atoms with Crippen LogP contribution in [0.1, 0.15) is 36.5 Å². The topological polar surface area (TPSA) is 23.8 Å². The molecule has 0 amide bonds. The van der Waals surface area contributed by atoms with E-state index >= 15 is 0 Å². The highest BCUT2D eigenvalue weighted by atomic mass is 19.4. The van der Waals surface area contributed by atoms with Crippen LogP contribution in [-0.2, 0) is 6.18 Å². The molecule has 0 aliphatic rings. The summed E-state index contributed by atoms with van der Waals surface area (Å²) in [7, 11) is 0. The number of halogens is 4. The third-order valence-electron chi connectivity index (χ3n) is 2.18. The Labute approximate surface area is 90.3 Å². The molecular formula is C11H9F4N. The van der Waals surface area contributed by atoms with Gasteiger partial charge in [-0.05, 0) is 23.6 Å². The van der Waals surface area contributed by atoms with Crippen LogP contribution in [-0.4, -0.2) is 0 Å². The highest BCUT2D eigenvalue weighted by Crippen LogP contribution is 2.33. The van der Waals surface area contributed by atoms with Gasteiger partial charge in [0.1, 0.15) is 11.9 Å². The van der Waals surface area contributed by atoms with Gasteiger partial charge < -0.3 is 0 Å². The predicted octanol–water partition coefficient (Wildman–Crippen LogP) is 3.84.